The van der Waals surface area contributed by atoms with Crippen LogP contribution in [0.3, 0.4) is 0 Å². The second-order valence-electron chi connectivity index (χ2n) is 6.62. The zero-order chi connectivity index (χ0) is 16.8. The van der Waals surface area contributed by atoms with Crippen molar-refractivity contribution in [2.75, 3.05) is 20.3 Å². The Hall–Kier alpha value is -1.46. The second-order valence-corrected chi connectivity index (χ2v) is 6.62. The van der Waals surface area contributed by atoms with Crippen LogP contribution in [0, 0.1) is 5.92 Å². The van der Waals surface area contributed by atoms with Gasteiger partial charge in [0.25, 0.3) is 5.91 Å². The van der Waals surface area contributed by atoms with Crippen molar-refractivity contribution in [3.05, 3.63) is 23.8 Å². The molecule has 136 valence electrons. The molecule has 5 nitrogen and oxygen atoms in total. The Morgan fingerprint density at radius 2 is 2.12 bits per heavy atom. The summed E-state index contributed by atoms with van der Waals surface area (Å²) in [6.45, 7) is 7.89. The van der Waals surface area contributed by atoms with Gasteiger partial charge in [-0.05, 0) is 50.4 Å². The third kappa shape index (κ3) is 5.87. The molecule has 2 atom stereocenters. The maximum Gasteiger partial charge on any atom is 0.251 e. The van der Waals surface area contributed by atoms with Crippen LogP contribution < -0.4 is 20.1 Å². The number of rotatable bonds is 6. The van der Waals surface area contributed by atoms with E-state index in [-0.39, 0.29) is 24.4 Å². The summed E-state index contributed by atoms with van der Waals surface area (Å²) in [5.74, 6) is 1.65. The lowest BCUT2D eigenvalue weighted by atomic mass is 10.0. The average molecular weight is 357 g/mol. The largest absolute Gasteiger partial charge is 0.493 e. The van der Waals surface area contributed by atoms with Gasteiger partial charge in [0.15, 0.2) is 11.5 Å². The lowest BCUT2D eigenvalue weighted by Crippen LogP contribution is -2.46. The first-order valence-electron chi connectivity index (χ1n) is 8.34. The highest BCUT2D eigenvalue weighted by atomic mass is 35.5. The van der Waals surface area contributed by atoms with E-state index in [0.717, 1.165) is 19.4 Å². The molecule has 0 spiro atoms. The zero-order valence-electron chi connectivity index (χ0n) is 14.9. The van der Waals surface area contributed by atoms with Gasteiger partial charge in [-0.3, -0.25) is 4.79 Å². The molecule has 1 aliphatic heterocycles. The van der Waals surface area contributed by atoms with Crippen molar-refractivity contribution in [1.29, 1.82) is 0 Å². The molecule has 0 aliphatic carbocycles. The minimum atomic E-state index is -0.0576. The molecule has 1 aromatic rings. The molecule has 0 bridgehead atoms. The van der Waals surface area contributed by atoms with Gasteiger partial charge in [0.2, 0.25) is 0 Å². The molecular formula is C18H29ClN2O3. The number of ether oxygens (including phenoxy) is 2. The van der Waals surface area contributed by atoms with E-state index in [2.05, 4.69) is 31.4 Å². The molecule has 1 fully saturated rings. The summed E-state index contributed by atoms with van der Waals surface area (Å²) in [6, 6.07) is 6.01. The van der Waals surface area contributed by atoms with Crippen LogP contribution in [-0.2, 0) is 0 Å². The molecule has 1 amide bonds. The van der Waals surface area contributed by atoms with E-state index in [9.17, 15) is 4.79 Å². The Bertz CT molecular complexity index is 537. The summed E-state index contributed by atoms with van der Waals surface area (Å²) >= 11 is 0. The predicted molar refractivity (Wildman–Crippen MR) is 98.5 cm³/mol. The quantitative estimate of drug-likeness (QED) is 0.822. The minimum absolute atomic E-state index is 0. The monoisotopic (exact) mass is 356 g/mol. The minimum Gasteiger partial charge on any atom is -0.493 e. The number of hydrogen-bond acceptors (Lipinski definition) is 4. The molecule has 1 heterocycles. The van der Waals surface area contributed by atoms with Gasteiger partial charge in [0, 0.05) is 17.6 Å². The number of amides is 1. The van der Waals surface area contributed by atoms with Crippen molar-refractivity contribution < 1.29 is 14.3 Å². The van der Waals surface area contributed by atoms with Gasteiger partial charge in [0.1, 0.15) is 0 Å². The number of halogens is 1. The van der Waals surface area contributed by atoms with Gasteiger partial charge in [-0.25, -0.2) is 0 Å². The van der Waals surface area contributed by atoms with Crippen molar-refractivity contribution >= 4 is 18.3 Å². The van der Waals surface area contributed by atoms with E-state index < -0.39 is 0 Å². The summed E-state index contributed by atoms with van der Waals surface area (Å²) in [6.07, 6.45) is 1.92. The molecule has 0 radical (unpaired) electrons. The molecule has 0 saturated carbocycles. The maximum atomic E-state index is 12.4. The Kier molecular flexibility index (Phi) is 8.36. The summed E-state index contributed by atoms with van der Waals surface area (Å²) in [5.41, 5.74) is 0.602. The Labute approximate surface area is 150 Å². The van der Waals surface area contributed by atoms with Crippen molar-refractivity contribution in [1.82, 2.24) is 10.6 Å². The fourth-order valence-electron chi connectivity index (χ4n) is 2.72. The summed E-state index contributed by atoms with van der Waals surface area (Å²) < 4.78 is 11.1. The van der Waals surface area contributed by atoms with Crippen molar-refractivity contribution in [2.45, 2.75) is 45.7 Å². The van der Waals surface area contributed by atoms with Gasteiger partial charge in [0.05, 0.1) is 13.7 Å². The molecule has 0 aromatic heterocycles. The van der Waals surface area contributed by atoms with Crippen LogP contribution in [0.4, 0.5) is 0 Å². The number of nitrogens with one attached hydrogen (secondary N) is 2. The van der Waals surface area contributed by atoms with Crippen LogP contribution in [-0.4, -0.2) is 38.3 Å². The molecule has 2 rings (SSSR count). The van der Waals surface area contributed by atoms with Crippen molar-refractivity contribution in [2.24, 2.45) is 5.92 Å². The van der Waals surface area contributed by atoms with Crippen LogP contribution in [0.25, 0.3) is 0 Å². The number of piperidine rings is 1. The van der Waals surface area contributed by atoms with Crippen LogP contribution >= 0.6 is 12.4 Å². The number of carbonyl (C=O) groups is 1. The summed E-state index contributed by atoms with van der Waals surface area (Å²) in [5, 5.41) is 6.50. The predicted octanol–water partition coefficient (Wildman–Crippen LogP) is 3.02. The van der Waals surface area contributed by atoms with E-state index in [1.54, 1.807) is 25.3 Å². The Morgan fingerprint density at radius 3 is 2.75 bits per heavy atom. The van der Waals surface area contributed by atoms with Crippen molar-refractivity contribution in [3.8, 4) is 11.5 Å². The summed E-state index contributed by atoms with van der Waals surface area (Å²) in [4.78, 5) is 12.4. The lowest BCUT2D eigenvalue weighted by Gasteiger charge is -2.28. The number of hydrogen-bond donors (Lipinski definition) is 2. The van der Waals surface area contributed by atoms with Gasteiger partial charge in [-0.1, -0.05) is 13.8 Å². The number of methoxy groups -OCH3 is 1. The zero-order valence-corrected chi connectivity index (χ0v) is 15.7. The van der Waals surface area contributed by atoms with E-state index >= 15 is 0 Å². The third-order valence-electron chi connectivity index (χ3n) is 3.96. The number of carbonyl (C=O) groups excluding carboxylic acids is 1. The van der Waals surface area contributed by atoms with Crippen LogP contribution in [0.1, 0.15) is 44.0 Å². The smallest absolute Gasteiger partial charge is 0.251 e. The Balaban J connectivity index is 0.00000288. The molecule has 1 saturated heterocycles. The van der Waals surface area contributed by atoms with Gasteiger partial charge >= 0.3 is 0 Å². The van der Waals surface area contributed by atoms with E-state index in [1.807, 2.05) is 0 Å². The van der Waals surface area contributed by atoms with Crippen LogP contribution in [0.2, 0.25) is 0 Å². The molecule has 2 N–H and O–H groups in total. The highest BCUT2D eigenvalue weighted by molar-refractivity contribution is 5.95. The van der Waals surface area contributed by atoms with Gasteiger partial charge in [-0.2, -0.15) is 0 Å². The Morgan fingerprint density at radius 1 is 1.38 bits per heavy atom. The highest BCUT2D eigenvalue weighted by Gasteiger charge is 2.21. The number of benzene rings is 1. The first-order valence-corrected chi connectivity index (χ1v) is 8.34. The van der Waals surface area contributed by atoms with Crippen molar-refractivity contribution in [3.63, 3.8) is 0 Å². The topological polar surface area (TPSA) is 59.6 Å². The molecular weight excluding hydrogens is 328 g/mol. The fourth-order valence-corrected chi connectivity index (χ4v) is 2.72. The lowest BCUT2D eigenvalue weighted by molar-refractivity contribution is 0.0925. The normalized spacial score (nSPS) is 20.2. The van der Waals surface area contributed by atoms with Crippen LogP contribution in [0.5, 0.6) is 11.5 Å². The van der Waals surface area contributed by atoms with E-state index in [1.165, 1.54) is 0 Å². The van der Waals surface area contributed by atoms with Gasteiger partial charge < -0.3 is 20.1 Å². The van der Waals surface area contributed by atoms with E-state index in [0.29, 0.717) is 35.6 Å². The molecule has 1 aromatic carbocycles. The maximum absolute atomic E-state index is 12.4. The second kappa shape index (κ2) is 9.74. The average Bonchev–Trinajstić information content (AvgIpc) is 2.52. The first kappa shape index (κ1) is 20.6. The first-order chi connectivity index (χ1) is 11.0. The van der Waals surface area contributed by atoms with Gasteiger partial charge in [-0.15, -0.1) is 12.4 Å². The standard InChI is InChI=1S/C18H28N2O3.ClH/c1-12(2)11-23-16-6-5-14(10-17(16)22-4)18(21)20-15-7-8-19-13(3)9-15;/h5-6,10,12-13,15,19H,7-9,11H2,1-4H3,(H,20,21);1H. The molecule has 6 heteroatoms. The van der Waals surface area contributed by atoms with Crippen LogP contribution in [0.15, 0.2) is 18.2 Å². The highest BCUT2D eigenvalue weighted by Crippen LogP contribution is 2.28. The molecule has 2 unspecified atom stereocenters. The fraction of sp³-hybridized carbons (Fsp3) is 0.611. The SMILES string of the molecule is COc1cc(C(=O)NC2CCNC(C)C2)ccc1OCC(C)C.Cl. The molecule has 1 aliphatic rings. The third-order valence-corrected chi connectivity index (χ3v) is 3.96. The van der Waals surface area contributed by atoms with E-state index in [4.69, 9.17) is 9.47 Å². The molecule has 24 heavy (non-hydrogen) atoms. The summed E-state index contributed by atoms with van der Waals surface area (Å²) in [7, 11) is 1.59.